The van der Waals surface area contributed by atoms with E-state index in [1.165, 1.54) is 0 Å². The zero-order valence-corrected chi connectivity index (χ0v) is 15.6. The van der Waals surface area contributed by atoms with Crippen LogP contribution in [0.4, 0.5) is 5.82 Å². The van der Waals surface area contributed by atoms with E-state index in [9.17, 15) is 8.42 Å². The molecule has 1 N–H and O–H groups in total. The Kier molecular flexibility index (Phi) is 5.35. The van der Waals surface area contributed by atoms with Crippen molar-refractivity contribution in [2.24, 2.45) is 0 Å². The van der Waals surface area contributed by atoms with Gasteiger partial charge in [-0.2, -0.15) is 0 Å². The fourth-order valence-electron chi connectivity index (χ4n) is 2.60. The molecule has 0 unspecified atom stereocenters. The first-order valence-corrected chi connectivity index (χ1v) is 9.72. The maximum absolute atomic E-state index is 12.8. The summed E-state index contributed by atoms with van der Waals surface area (Å²) in [6, 6.07) is 20.2. The van der Waals surface area contributed by atoms with E-state index in [2.05, 4.69) is 9.71 Å². The third-order valence-corrected chi connectivity index (χ3v) is 5.45. The Morgan fingerprint density at radius 2 is 1.62 bits per heavy atom. The molecular weight excluding hydrogens is 346 g/mol. The number of benzene rings is 2. The minimum atomic E-state index is -3.65. The highest BCUT2D eigenvalue weighted by atomic mass is 32.2. The number of aromatic nitrogens is 1. The maximum atomic E-state index is 12.8. The van der Waals surface area contributed by atoms with Gasteiger partial charge in [0, 0.05) is 32.4 Å². The molecule has 1 aromatic heterocycles. The first kappa shape index (κ1) is 18.1. The van der Waals surface area contributed by atoms with Crippen LogP contribution < -0.4 is 9.62 Å². The van der Waals surface area contributed by atoms with Gasteiger partial charge in [-0.1, -0.05) is 54.6 Å². The molecule has 0 spiro atoms. The lowest BCUT2D eigenvalue weighted by atomic mass is 10.1. The third-order valence-electron chi connectivity index (χ3n) is 4.00. The van der Waals surface area contributed by atoms with Crippen molar-refractivity contribution < 1.29 is 8.42 Å². The average Bonchev–Trinajstić information content (AvgIpc) is 2.67. The highest BCUT2D eigenvalue weighted by Crippen LogP contribution is 2.27. The molecule has 0 amide bonds. The number of nitrogens with one attached hydrogen (secondary N) is 1. The number of hydrogen-bond donors (Lipinski definition) is 1. The lowest BCUT2D eigenvalue weighted by Gasteiger charge is -2.13. The van der Waals surface area contributed by atoms with Gasteiger partial charge in [0.15, 0.2) is 0 Å². The lowest BCUT2D eigenvalue weighted by Crippen LogP contribution is -2.24. The second-order valence-corrected chi connectivity index (χ2v) is 7.84. The minimum Gasteiger partial charge on any atom is -0.363 e. The molecule has 0 saturated heterocycles. The van der Waals surface area contributed by atoms with Crippen LogP contribution >= 0.6 is 0 Å². The van der Waals surface area contributed by atoms with E-state index >= 15 is 0 Å². The van der Waals surface area contributed by atoms with Gasteiger partial charge < -0.3 is 4.90 Å². The summed E-state index contributed by atoms with van der Waals surface area (Å²) >= 11 is 0. The molecule has 0 saturated carbocycles. The van der Waals surface area contributed by atoms with Crippen molar-refractivity contribution in [3.8, 4) is 11.1 Å². The number of hydrogen-bond acceptors (Lipinski definition) is 4. The highest BCUT2D eigenvalue weighted by molar-refractivity contribution is 7.89. The first-order chi connectivity index (χ1) is 12.5. The zero-order chi connectivity index (χ0) is 18.6. The summed E-state index contributed by atoms with van der Waals surface area (Å²) in [5, 5.41) is 0. The van der Waals surface area contributed by atoms with Gasteiger partial charge in [-0.25, -0.2) is 18.1 Å². The number of sulfonamides is 1. The second-order valence-electron chi connectivity index (χ2n) is 6.11. The van der Waals surface area contributed by atoms with Crippen LogP contribution in [0.2, 0.25) is 0 Å². The molecule has 0 atom stereocenters. The van der Waals surface area contributed by atoms with E-state index in [-0.39, 0.29) is 11.4 Å². The Bertz CT molecular complexity index is 969. The molecule has 0 fully saturated rings. The van der Waals surface area contributed by atoms with Crippen LogP contribution in [0.15, 0.2) is 77.8 Å². The lowest BCUT2D eigenvalue weighted by molar-refractivity contribution is 0.581. The molecular formula is C20H21N3O2S. The summed E-state index contributed by atoms with van der Waals surface area (Å²) in [4.78, 5) is 6.47. The monoisotopic (exact) mass is 367 g/mol. The predicted molar refractivity (Wildman–Crippen MR) is 104 cm³/mol. The number of rotatable bonds is 6. The van der Waals surface area contributed by atoms with Crippen molar-refractivity contribution in [2.45, 2.75) is 11.4 Å². The maximum Gasteiger partial charge on any atom is 0.241 e. The quantitative estimate of drug-likeness (QED) is 0.726. The van der Waals surface area contributed by atoms with Gasteiger partial charge in [-0.05, 0) is 23.3 Å². The topological polar surface area (TPSA) is 62.3 Å². The van der Waals surface area contributed by atoms with E-state index in [1.807, 2.05) is 73.6 Å². The molecule has 26 heavy (non-hydrogen) atoms. The van der Waals surface area contributed by atoms with Gasteiger partial charge in [-0.3, -0.25) is 0 Å². The van der Waals surface area contributed by atoms with Crippen molar-refractivity contribution in [3.63, 3.8) is 0 Å². The van der Waals surface area contributed by atoms with E-state index in [0.29, 0.717) is 5.56 Å². The molecule has 0 aliphatic rings. The zero-order valence-electron chi connectivity index (χ0n) is 14.8. The third kappa shape index (κ3) is 4.09. The molecule has 134 valence electrons. The predicted octanol–water partition coefficient (Wildman–Crippen LogP) is 3.29. The summed E-state index contributed by atoms with van der Waals surface area (Å²) in [6.45, 7) is 0.187. The molecule has 0 bridgehead atoms. The summed E-state index contributed by atoms with van der Waals surface area (Å²) in [5.74, 6) is 0.825. The van der Waals surface area contributed by atoms with Gasteiger partial charge in [0.2, 0.25) is 10.0 Å². The smallest absolute Gasteiger partial charge is 0.241 e. The first-order valence-electron chi connectivity index (χ1n) is 8.24. The molecule has 0 aliphatic heterocycles. The minimum absolute atomic E-state index is 0.187. The van der Waals surface area contributed by atoms with Gasteiger partial charge in [-0.15, -0.1) is 0 Å². The molecule has 2 aromatic carbocycles. The van der Waals surface area contributed by atoms with E-state index in [1.54, 1.807) is 18.3 Å². The summed E-state index contributed by atoms with van der Waals surface area (Å²) in [5.41, 5.74) is 2.35. The van der Waals surface area contributed by atoms with Crippen LogP contribution in [0.3, 0.4) is 0 Å². The van der Waals surface area contributed by atoms with E-state index in [0.717, 1.165) is 16.9 Å². The Labute approximate surface area is 154 Å². The van der Waals surface area contributed by atoms with Crippen molar-refractivity contribution in [1.82, 2.24) is 9.71 Å². The van der Waals surface area contributed by atoms with Crippen molar-refractivity contribution in [2.75, 3.05) is 19.0 Å². The van der Waals surface area contributed by atoms with Gasteiger partial charge in [0.25, 0.3) is 0 Å². The van der Waals surface area contributed by atoms with Crippen LogP contribution in [-0.4, -0.2) is 27.5 Å². The Morgan fingerprint density at radius 1 is 0.923 bits per heavy atom. The Morgan fingerprint density at radius 3 is 2.27 bits per heavy atom. The summed E-state index contributed by atoms with van der Waals surface area (Å²) < 4.78 is 28.3. The number of pyridine rings is 1. The van der Waals surface area contributed by atoms with E-state index < -0.39 is 10.0 Å². The molecule has 5 nitrogen and oxygen atoms in total. The second kappa shape index (κ2) is 7.68. The Balaban J connectivity index is 1.83. The highest BCUT2D eigenvalue weighted by Gasteiger charge is 2.18. The standard InChI is InChI=1S/C20H21N3O2S/c1-23(2)20-13-12-16(14-21-20)15-22-26(24,25)19-11-7-6-10-18(19)17-8-4-3-5-9-17/h3-14,22H,15H2,1-2H3. The van der Waals surface area contributed by atoms with Crippen LogP contribution in [0, 0.1) is 0 Å². The van der Waals surface area contributed by atoms with E-state index in [4.69, 9.17) is 0 Å². The summed E-state index contributed by atoms with van der Waals surface area (Å²) in [6.07, 6.45) is 1.68. The van der Waals surface area contributed by atoms with Crippen molar-refractivity contribution in [1.29, 1.82) is 0 Å². The fourth-order valence-corrected chi connectivity index (χ4v) is 3.84. The molecule has 6 heteroatoms. The van der Waals surface area contributed by atoms with Crippen LogP contribution in [0.5, 0.6) is 0 Å². The van der Waals surface area contributed by atoms with Crippen molar-refractivity contribution >= 4 is 15.8 Å². The molecule has 3 rings (SSSR count). The largest absolute Gasteiger partial charge is 0.363 e. The van der Waals surface area contributed by atoms with Crippen LogP contribution in [0.1, 0.15) is 5.56 Å². The van der Waals surface area contributed by atoms with Crippen molar-refractivity contribution in [3.05, 3.63) is 78.5 Å². The molecule has 3 aromatic rings. The SMILES string of the molecule is CN(C)c1ccc(CNS(=O)(=O)c2ccccc2-c2ccccc2)cn1. The molecule has 0 radical (unpaired) electrons. The number of nitrogens with zero attached hydrogens (tertiary/aromatic N) is 2. The van der Waals surface area contributed by atoms with Gasteiger partial charge in [0.1, 0.15) is 5.82 Å². The fraction of sp³-hybridized carbons (Fsp3) is 0.150. The summed E-state index contributed by atoms with van der Waals surface area (Å²) in [7, 11) is 0.164. The number of anilines is 1. The average molecular weight is 367 g/mol. The molecule has 0 aliphatic carbocycles. The van der Waals surface area contributed by atoms with Gasteiger partial charge >= 0.3 is 0 Å². The van der Waals surface area contributed by atoms with Gasteiger partial charge in [0.05, 0.1) is 4.90 Å². The normalized spacial score (nSPS) is 11.3. The Hall–Kier alpha value is -2.70. The van der Waals surface area contributed by atoms with Crippen LogP contribution in [-0.2, 0) is 16.6 Å². The molecule has 1 heterocycles. The van der Waals surface area contributed by atoms with Crippen LogP contribution in [0.25, 0.3) is 11.1 Å².